The van der Waals surface area contributed by atoms with Crippen LogP contribution >= 0.6 is 0 Å². The van der Waals surface area contributed by atoms with Gasteiger partial charge in [0.05, 0.1) is 0 Å². The molecule has 1 N–H and O–H groups in total. The highest BCUT2D eigenvalue weighted by Gasteiger charge is 2.21. The van der Waals surface area contributed by atoms with E-state index in [0.717, 1.165) is 12.1 Å². The van der Waals surface area contributed by atoms with Crippen LogP contribution < -0.4 is 5.32 Å². The third-order valence-electron chi connectivity index (χ3n) is 4.45. The summed E-state index contributed by atoms with van der Waals surface area (Å²) in [5, 5.41) is 3.93. The van der Waals surface area contributed by atoms with Gasteiger partial charge >= 0.3 is 0 Å². The molecule has 1 heterocycles. The Labute approximate surface area is 107 Å². The SMILES string of the molecule is CCCN1CCC(NC2CCCCCC2)CC1. The number of piperidine rings is 1. The highest BCUT2D eigenvalue weighted by Crippen LogP contribution is 2.19. The lowest BCUT2D eigenvalue weighted by atomic mass is 10.0. The quantitative estimate of drug-likeness (QED) is 0.757. The second-order valence-electron chi connectivity index (χ2n) is 5.97. The number of hydrogen-bond donors (Lipinski definition) is 1. The second kappa shape index (κ2) is 7.38. The van der Waals surface area contributed by atoms with Crippen molar-refractivity contribution in [3.05, 3.63) is 0 Å². The van der Waals surface area contributed by atoms with E-state index in [4.69, 9.17) is 0 Å². The fourth-order valence-electron chi connectivity index (χ4n) is 3.42. The van der Waals surface area contributed by atoms with E-state index in [-0.39, 0.29) is 0 Å². The van der Waals surface area contributed by atoms with Gasteiger partial charge < -0.3 is 10.2 Å². The Morgan fingerprint density at radius 3 is 2.06 bits per heavy atom. The Balaban J connectivity index is 1.66. The van der Waals surface area contributed by atoms with E-state index in [1.165, 1.54) is 77.4 Å². The van der Waals surface area contributed by atoms with Gasteiger partial charge in [0, 0.05) is 12.1 Å². The van der Waals surface area contributed by atoms with Gasteiger partial charge in [-0.05, 0) is 51.7 Å². The smallest absolute Gasteiger partial charge is 0.00940 e. The van der Waals surface area contributed by atoms with Gasteiger partial charge in [0.25, 0.3) is 0 Å². The van der Waals surface area contributed by atoms with Crippen LogP contribution in [0.3, 0.4) is 0 Å². The van der Waals surface area contributed by atoms with Crippen LogP contribution in [0, 0.1) is 0 Å². The van der Waals surface area contributed by atoms with Crippen LogP contribution in [-0.4, -0.2) is 36.6 Å². The van der Waals surface area contributed by atoms with E-state index < -0.39 is 0 Å². The molecule has 17 heavy (non-hydrogen) atoms. The Morgan fingerprint density at radius 2 is 1.47 bits per heavy atom. The summed E-state index contributed by atoms with van der Waals surface area (Å²) >= 11 is 0. The maximum atomic E-state index is 3.93. The molecule has 0 radical (unpaired) electrons. The van der Waals surface area contributed by atoms with Crippen LogP contribution in [0.4, 0.5) is 0 Å². The lowest BCUT2D eigenvalue weighted by Gasteiger charge is -2.34. The zero-order valence-corrected chi connectivity index (χ0v) is 11.6. The second-order valence-corrected chi connectivity index (χ2v) is 5.97. The molecule has 1 aliphatic heterocycles. The van der Waals surface area contributed by atoms with Gasteiger partial charge in [-0.2, -0.15) is 0 Å². The molecule has 2 fully saturated rings. The summed E-state index contributed by atoms with van der Waals surface area (Å²) in [5.41, 5.74) is 0. The van der Waals surface area contributed by atoms with Crippen molar-refractivity contribution >= 4 is 0 Å². The fraction of sp³-hybridized carbons (Fsp3) is 1.00. The van der Waals surface area contributed by atoms with Crippen molar-refractivity contribution in [3.8, 4) is 0 Å². The third kappa shape index (κ3) is 4.59. The highest BCUT2D eigenvalue weighted by molar-refractivity contribution is 4.81. The summed E-state index contributed by atoms with van der Waals surface area (Å²) in [4.78, 5) is 2.63. The summed E-state index contributed by atoms with van der Waals surface area (Å²) in [5.74, 6) is 0. The first kappa shape index (κ1) is 13.4. The minimum absolute atomic E-state index is 0.811. The molecule has 2 aliphatic rings. The molecule has 100 valence electrons. The maximum Gasteiger partial charge on any atom is 0.00940 e. The molecule has 0 amide bonds. The van der Waals surface area contributed by atoms with Gasteiger partial charge in [-0.25, -0.2) is 0 Å². The van der Waals surface area contributed by atoms with Crippen molar-refractivity contribution in [3.63, 3.8) is 0 Å². The summed E-state index contributed by atoms with van der Waals surface area (Å²) in [6, 6.07) is 1.64. The van der Waals surface area contributed by atoms with E-state index in [2.05, 4.69) is 17.1 Å². The fourth-order valence-corrected chi connectivity index (χ4v) is 3.42. The van der Waals surface area contributed by atoms with Gasteiger partial charge in [0.1, 0.15) is 0 Å². The van der Waals surface area contributed by atoms with Crippen molar-refractivity contribution in [1.82, 2.24) is 10.2 Å². The molecule has 2 rings (SSSR count). The van der Waals surface area contributed by atoms with Crippen molar-refractivity contribution in [2.45, 2.75) is 76.8 Å². The van der Waals surface area contributed by atoms with Crippen LogP contribution in [0.15, 0.2) is 0 Å². The predicted molar refractivity (Wildman–Crippen MR) is 74.4 cm³/mol. The van der Waals surface area contributed by atoms with Crippen molar-refractivity contribution in [1.29, 1.82) is 0 Å². The minimum Gasteiger partial charge on any atom is -0.311 e. The molecule has 0 spiro atoms. The van der Waals surface area contributed by atoms with Gasteiger partial charge in [0.2, 0.25) is 0 Å². The predicted octanol–water partition coefficient (Wildman–Crippen LogP) is 3.17. The number of hydrogen-bond acceptors (Lipinski definition) is 2. The van der Waals surface area contributed by atoms with Crippen LogP contribution in [0.2, 0.25) is 0 Å². The lowest BCUT2D eigenvalue weighted by molar-refractivity contribution is 0.188. The molecular formula is C15H30N2. The van der Waals surface area contributed by atoms with Crippen molar-refractivity contribution < 1.29 is 0 Å². The summed E-state index contributed by atoms with van der Waals surface area (Å²) in [6.07, 6.45) is 12.7. The molecule has 2 nitrogen and oxygen atoms in total. The first-order chi connectivity index (χ1) is 8.38. The Bertz CT molecular complexity index is 189. The molecule has 0 atom stereocenters. The van der Waals surface area contributed by atoms with Crippen molar-refractivity contribution in [2.24, 2.45) is 0 Å². The zero-order valence-electron chi connectivity index (χ0n) is 11.6. The molecule has 0 aromatic rings. The molecular weight excluding hydrogens is 208 g/mol. The largest absolute Gasteiger partial charge is 0.311 e. The highest BCUT2D eigenvalue weighted by atomic mass is 15.1. The normalized spacial score (nSPS) is 25.9. The average Bonchev–Trinajstić information content (AvgIpc) is 2.61. The number of rotatable bonds is 4. The summed E-state index contributed by atoms with van der Waals surface area (Å²) < 4.78 is 0. The molecule has 1 saturated carbocycles. The van der Waals surface area contributed by atoms with Crippen molar-refractivity contribution in [2.75, 3.05) is 19.6 Å². The van der Waals surface area contributed by atoms with E-state index >= 15 is 0 Å². The van der Waals surface area contributed by atoms with Crippen LogP contribution in [0.5, 0.6) is 0 Å². The van der Waals surface area contributed by atoms with Gasteiger partial charge in [0.15, 0.2) is 0 Å². The number of nitrogens with one attached hydrogen (secondary N) is 1. The molecule has 1 aliphatic carbocycles. The molecule has 0 bridgehead atoms. The Morgan fingerprint density at radius 1 is 0.882 bits per heavy atom. The first-order valence-electron chi connectivity index (χ1n) is 7.87. The van der Waals surface area contributed by atoms with Gasteiger partial charge in [-0.3, -0.25) is 0 Å². The lowest BCUT2D eigenvalue weighted by Crippen LogP contribution is -2.46. The summed E-state index contributed by atoms with van der Waals surface area (Å²) in [7, 11) is 0. The Kier molecular flexibility index (Phi) is 5.79. The molecule has 1 saturated heterocycles. The zero-order chi connectivity index (χ0) is 11.9. The average molecular weight is 238 g/mol. The summed E-state index contributed by atoms with van der Waals surface area (Å²) in [6.45, 7) is 6.22. The molecule has 0 unspecified atom stereocenters. The van der Waals surface area contributed by atoms with Gasteiger partial charge in [-0.15, -0.1) is 0 Å². The monoisotopic (exact) mass is 238 g/mol. The number of nitrogens with zero attached hydrogens (tertiary/aromatic N) is 1. The molecule has 0 aromatic heterocycles. The van der Waals surface area contributed by atoms with E-state index in [9.17, 15) is 0 Å². The van der Waals surface area contributed by atoms with E-state index in [0.29, 0.717) is 0 Å². The van der Waals surface area contributed by atoms with Crippen LogP contribution in [-0.2, 0) is 0 Å². The first-order valence-corrected chi connectivity index (χ1v) is 7.87. The third-order valence-corrected chi connectivity index (χ3v) is 4.45. The Hall–Kier alpha value is -0.0800. The van der Waals surface area contributed by atoms with Gasteiger partial charge in [-0.1, -0.05) is 32.6 Å². The standard InChI is InChI=1S/C15H30N2/c1-2-11-17-12-9-15(10-13-17)16-14-7-5-3-4-6-8-14/h14-16H,2-13H2,1H3. The van der Waals surface area contributed by atoms with E-state index in [1.807, 2.05) is 0 Å². The maximum absolute atomic E-state index is 3.93. The topological polar surface area (TPSA) is 15.3 Å². The molecule has 0 aromatic carbocycles. The number of likely N-dealkylation sites (tertiary alicyclic amines) is 1. The van der Waals surface area contributed by atoms with E-state index in [1.54, 1.807) is 0 Å². The van der Waals surface area contributed by atoms with Crippen LogP contribution in [0.25, 0.3) is 0 Å². The molecule has 2 heteroatoms. The minimum atomic E-state index is 0.811. The van der Waals surface area contributed by atoms with Crippen LogP contribution in [0.1, 0.15) is 64.7 Å².